The second-order valence-corrected chi connectivity index (χ2v) is 3.13. The zero-order chi connectivity index (χ0) is 9.14. The Morgan fingerprint density at radius 2 is 2.17 bits per heavy atom. The number of likely N-dealkylation sites (tertiary alicyclic amines) is 1. The highest BCUT2D eigenvalue weighted by atomic mass is 16.4. The minimum Gasteiger partial charge on any atom is -0.465 e. The third-order valence-electron chi connectivity index (χ3n) is 2.04. The van der Waals surface area contributed by atoms with Gasteiger partial charge in [0.15, 0.2) is 0 Å². The van der Waals surface area contributed by atoms with E-state index in [0.29, 0.717) is 19.5 Å². The summed E-state index contributed by atoms with van der Waals surface area (Å²) in [5.74, 6) is 0.211. The number of hydrogen-bond acceptors (Lipinski definition) is 3. The molecule has 1 amide bonds. The fourth-order valence-electron chi connectivity index (χ4n) is 1.33. The number of aliphatic hydroxyl groups excluding tert-OH is 2. The minimum absolute atomic E-state index is 0.211. The van der Waals surface area contributed by atoms with Gasteiger partial charge in [-0.3, -0.25) is 0 Å². The topological polar surface area (TPSA) is 81.0 Å². The van der Waals surface area contributed by atoms with Crippen LogP contribution in [-0.2, 0) is 0 Å². The smallest absolute Gasteiger partial charge is 0.407 e. The molecule has 1 atom stereocenters. The lowest BCUT2D eigenvalue weighted by atomic mass is 9.94. The fraction of sp³-hybridized carbons (Fsp3) is 0.857. The lowest BCUT2D eigenvalue weighted by Crippen LogP contribution is -2.50. The lowest BCUT2D eigenvalue weighted by molar-refractivity contribution is 0.0275. The van der Waals surface area contributed by atoms with Crippen molar-refractivity contribution in [1.29, 1.82) is 0 Å². The van der Waals surface area contributed by atoms with Crippen LogP contribution in [0.5, 0.6) is 0 Å². The first-order chi connectivity index (χ1) is 5.63. The monoisotopic (exact) mass is 175 g/mol. The molecule has 1 aliphatic heterocycles. The molecule has 0 spiro atoms. The number of nitrogens with zero attached hydrogens (tertiary/aromatic N) is 1. The molecular formula is C7H13NO4. The second-order valence-electron chi connectivity index (χ2n) is 3.13. The summed E-state index contributed by atoms with van der Waals surface area (Å²) in [5.41, 5.74) is 0. The molecule has 0 aromatic heterocycles. The van der Waals surface area contributed by atoms with E-state index in [0.717, 1.165) is 0 Å². The molecule has 5 nitrogen and oxygen atoms in total. The number of amides is 1. The Hall–Kier alpha value is -0.810. The van der Waals surface area contributed by atoms with Crippen LogP contribution in [0.15, 0.2) is 0 Å². The summed E-state index contributed by atoms with van der Waals surface area (Å²) < 4.78 is 0. The van der Waals surface area contributed by atoms with Crippen LogP contribution in [0, 0.1) is 5.92 Å². The third kappa shape index (κ3) is 2.09. The maximum atomic E-state index is 10.3. The molecule has 0 aromatic carbocycles. The highest BCUT2D eigenvalue weighted by Gasteiger charge is 2.31. The van der Waals surface area contributed by atoms with Crippen LogP contribution in [0.2, 0.25) is 0 Å². The van der Waals surface area contributed by atoms with Gasteiger partial charge in [0.05, 0.1) is 12.7 Å². The first-order valence-corrected chi connectivity index (χ1v) is 3.90. The molecule has 12 heavy (non-hydrogen) atoms. The van der Waals surface area contributed by atoms with Crippen molar-refractivity contribution >= 4 is 6.09 Å². The number of aliphatic hydroxyl groups is 2. The van der Waals surface area contributed by atoms with Crippen molar-refractivity contribution < 1.29 is 20.1 Å². The van der Waals surface area contributed by atoms with E-state index in [2.05, 4.69) is 0 Å². The fourth-order valence-corrected chi connectivity index (χ4v) is 1.33. The SMILES string of the molecule is O=C(O)N1CC(C[C@H](O)CO)C1. The van der Waals surface area contributed by atoms with Gasteiger partial charge in [-0.05, 0) is 12.3 Å². The first-order valence-electron chi connectivity index (χ1n) is 3.90. The molecule has 5 heteroatoms. The molecule has 3 N–H and O–H groups in total. The summed E-state index contributed by atoms with van der Waals surface area (Å²) in [6, 6.07) is 0. The van der Waals surface area contributed by atoms with Crippen molar-refractivity contribution in [2.24, 2.45) is 5.92 Å². The van der Waals surface area contributed by atoms with Crippen molar-refractivity contribution in [2.45, 2.75) is 12.5 Å². The van der Waals surface area contributed by atoms with Gasteiger partial charge in [-0.25, -0.2) is 4.79 Å². The van der Waals surface area contributed by atoms with Gasteiger partial charge in [-0.2, -0.15) is 0 Å². The Kier molecular flexibility index (Phi) is 2.88. The van der Waals surface area contributed by atoms with Crippen molar-refractivity contribution in [3.05, 3.63) is 0 Å². The molecule has 1 saturated heterocycles. The van der Waals surface area contributed by atoms with E-state index >= 15 is 0 Å². The summed E-state index contributed by atoms with van der Waals surface area (Å²) in [6.07, 6.45) is -1.13. The molecule has 0 radical (unpaired) electrons. The molecule has 1 heterocycles. The van der Waals surface area contributed by atoms with Crippen LogP contribution in [0.1, 0.15) is 6.42 Å². The Morgan fingerprint density at radius 1 is 1.58 bits per heavy atom. The van der Waals surface area contributed by atoms with Gasteiger partial charge in [0.25, 0.3) is 0 Å². The molecule has 0 unspecified atom stereocenters. The average Bonchev–Trinajstić information content (AvgIpc) is 1.94. The Bertz CT molecular complexity index is 167. The minimum atomic E-state index is -0.912. The largest absolute Gasteiger partial charge is 0.465 e. The van der Waals surface area contributed by atoms with E-state index in [9.17, 15) is 4.79 Å². The molecule has 0 saturated carbocycles. The van der Waals surface area contributed by atoms with Gasteiger partial charge in [0.2, 0.25) is 0 Å². The Morgan fingerprint density at radius 3 is 2.58 bits per heavy atom. The second kappa shape index (κ2) is 3.73. The summed E-state index contributed by atoms with van der Waals surface area (Å²) >= 11 is 0. The van der Waals surface area contributed by atoms with Crippen molar-refractivity contribution in [3.8, 4) is 0 Å². The van der Waals surface area contributed by atoms with E-state index < -0.39 is 12.2 Å². The summed E-state index contributed by atoms with van der Waals surface area (Å²) in [4.78, 5) is 11.6. The van der Waals surface area contributed by atoms with Gasteiger partial charge < -0.3 is 20.2 Å². The van der Waals surface area contributed by atoms with Crippen LogP contribution >= 0.6 is 0 Å². The number of carboxylic acid groups (broad SMARTS) is 1. The Labute approximate surface area is 70.2 Å². The first kappa shape index (κ1) is 9.28. The third-order valence-corrected chi connectivity index (χ3v) is 2.04. The van der Waals surface area contributed by atoms with E-state index in [-0.39, 0.29) is 12.5 Å². The molecule has 0 aromatic rings. The lowest BCUT2D eigenvalue weighted by Gasteiger charge is -2.37. The maximum Gasteiger partial charge on any atom is 0.407 e. The van der Waals surface area contributed by atoms with Crippen molar-refractivity contribution in [1.82, 2.24) is 4.90 Å². The number of carbonyl (C=O) groups is 1. The predicted molar refractivity (Wildman–Crippen MR) is 40.8 cm³/mol. The zero-order valence-electron chi connectivity index (χ0n) is 6.68. The van der Waals surface area contributed by atoms with Gasteiger partial charge in [-0.1, -0.05) is 0 Å². The quantitative estimate of drug-likeness (QED) is 0.532. The van der Waals surface area contributed by atoms with Gasteiger partial charge in [0.1, 0.15) is 0 Å². The summed E-state index contributed by atoms with van der Waals surface area (Å²) in [6.45, 7) is 0.711. The average molecular weight is 175 g/mol. The Balaban J connectivity index is 2.13. The summed E-state index contributed by atoms with van der Waals surface area (Å²) in [5, 5.41) is 26.0. The molecule has 0 bridgehead atoms. The standard InChI is InChI=1S/C7H13NO4/c9-4-6(10)1-5-2-8(3-5)7(11)12/h5-6,9-10H,1-4H2,(H,11,12)/t6-/m0/s1. The molecule has 0 aliphatic carbocycles. The highest BCUT2D eigenvalue weighted by Crippen LogP contribution is 2.20. The number of hydrogen-bond donors (Lipinski definition) is 3. The van der Waals surface area contributed by atoms with E-state index in [4.69, 9.17) is 15.3 Å². The highest BCUT2D eigenvalue weighted by molar-refractivity contribution is 5.65. The molecule has 1 aliphatic rings. The molecule has 1 fully saturated rings. The van der Waals surface area contributed by atoms with Crippen molar-refractivity contribution in [2.75, 3.05) is 19.7 Å². The predicted octanol–water partition coefficient (Wildman–Crippen LogP) is -0.660. The zero-order valence-corrected chi connectivity index (χ0v) is 6.68. The summed E-state index contributed by atoms with van der Waals surface area (Å²) in [7, 11) is 0. The molecular weight excluding hydrogens is 162 g/mol. The van der Waals surface area contributed by atoms with Gasteiger partial charge >= 0.3 is 6.09 Å². The van der Waals surface area contributed by atoms with Gasteiger partial charge in [-0.15, -0.1) is 0 Å². The number of rotatable bonds is 3. The van der Waals surface area contributed by atoms with Crippen LogP contribution in [0.4, 0.5) is 4.79 Å². The molecule has 70 valence electrons. The van der Waals surface area contributed by atoms with Crippen LogP contribution in [-0.4, -0.2) is 52.1 Å². The van der Waals surface area contributed by atoms with E-state index in [1.807, 2.05) is 0 Å². The van der Waals surface area contributed by atoms with Crippen LogP contribution in [0.3, 0.4) is 0 Å². The van der Waals surface area contributed by atoms with Crippen molar-refractivity contribution in [3.63, 3.8) is 0 Å². The van der Waals surface area contributed by atoms with E-state index in [1.54, 1.807) is 0 Å². The van der Waals surface area contributed by atoms with Crippen LogP contribution in [0.25, 0.3) is 0 Å². The normalized spacial score (nSPS) is 20.3. The van der Waals surface area contributed by atoms with E-state index in [1.165, 1.54) is 4.90 Å². The van der Waals surface area contributed by atoms with Gasteiger partial charge in [0, 0.05) is 13.1 Å². The maximum absolute atomic E-state index is 10.3. The van der Waals surface area contributed by atoms with Crippen LogP contribution < -0.4 is 0 Å². The molecule has 1 rings (SSSR count).